The first-order valence-electron chi connectivity index (χ1n) is 8.38. The first kappa shape index (κ1) is 21.3. The molecule has 0 saturated heterocycles. The lowest BCUT2D eigenvalue weighted by Crippen LogP contribution is -2.44. The highest BCUT2D eigenvalue weighted by Crippen LogP contribution is 2.17. The van der Waals surface area contributed by atoms with Crippen LogP contribution in [-0.4, -0.2) is 39.5 Å². The number of anilines is 1. The van der Waals surface area contributed by atoms with E-state index in [1.165, 1.54) is 19.2 Å². The van der Waals surface area contributed by atoms with Crippen LogP contribution in [-0.2, 0) is 14.8 Å². The molecule has 8 heteroatoms. The molecule has 0 heterocycles. The van der Waals surface area contributed by atoms with Crippen molar-refractivity contribution in [2.75, 3.05) is 24.4 Å². The van der Waals surface area contributed by atoms with Crippen molar-refractivity contribution in [1.29, 1.82) is 0 Å². The van der Waals surface area contributed by atoms with Gasteiger partial charge in [-0.3, -0.25) is 4.79 Å². The zero-order valence-corrected chi connectivity index (χ0v) is 17.2. The number of rotatable bonds is 9. The fourth-order valence-electron chi connectivity index (χ4n) is 2.36. The van der Waals surface area contributed by atoms with Crippen LogP contribution in [0.1, 0.15) is 12.0 Å². The topological polar surface area (TPSA) is 84.5 Å². The van der Waals surface area contributed by atoms with E-state index in [0.717, 1.165) is 5.56 Å². The zero-order chi connectivity index (χ0) is 19.9. The fourth-order valence-corrected chi connectivity index (χ4v) is 4.06. The summed E-state index contributed by atoms with van der Waals surface area (Å²) < 4.78 is 32.9. The highest BCUT2D eigenvalue weighted by molar-refractivity contribution is 7.98. The number of aryl methyl sites for hydroxylation is 1. The normalized spacial score (nSPS) is 12.4. The summed E-state index contributed by atoms with van der Waals surface area (Å²) in [6.45, 7) is 1.95. The average Bonchev–Trinajstić information content (AvgIpc) is 2.66. The smallest absolute Gasteiger partial charge is 0.242 e. The van der Waals surface area contributed by atoms with Crippen molar-refractivity contribution in [1.82, 2.24) is 4.72 Å². The third-order valence-corrected chi connectivity index (χ3v) is 6.04. The Labute approximate surface area is 164 Å². The molecule has 0 saturated carbocycles. The molecule has 27 heavy (non-hydrogen) atoms. The molecule has 0 aliphatic heterocycles. The fraction of sp³-hybridized carbons (Fsp3) is 0.316. The Bertz CT molecular complexity index is 850. The minimum atomic E-state index is -3.83. The van der Waals surface area contributed by atoms with Gasteiger partial charge in [-0.2, -0.15) is 16.5 Å². The number of benzene rings is 2. The predicted molar refractivity (Wildman–Crippen MR) is 110 cm³/mol. The van der Waals surface area contributed by atoms with Crippen LogP contribution >= 0.6 is 11.8 Å². The number of amides is 1. The lowest BCUT2D eigenvalue weighted by molar-refractivity contribution is -0.117. The van der Waals surface area contributed by atoms with Gasteiger partial charge in [0, 0.05) is 5.69 Å². The second-order valence-corrected chi connectivity index (χ2v) is 8.69. The molecule has 1 atom stereocenters. The third kappa shape index (κ3) is 6.27. The molecule has 0 aliphatic carbocycles. The SMILES string of the molecule is COc1ccc(S(=O)(=O)N[C@@H](CCSC)C(=O)Nc2ccc(C)cc2)cc1. The van der Waals surface area contributed by atoms with Crippen LogP contribution in [0.4, 0.5) is 5.69 Å². The Morgan fingerprint density at radius 3 is 2.30 bits per heavy atom. The Hall–Kier alpha value is -2.03. The molecule has 0 bridgehead atoms. The van der Waals surface area contributed by atoms with Crippen LogP contribution in [0.15, 0.2) is 53.4 Å². The molecule has 0 unspecified atom stereocenters. The number of sulfonamides is 1. The first-order valence-corrected chi connectivity index (χ1v) is 11.3. The molecule has 0 aliphatic rings. The Morgan fingerprint density at radius 1 is 1.11 bits per heavy atom. The number of ether oxygens (including phenoxy) is 1. The van der Waals surface area contributed by atoms with Crippen LogP contribution < -0.4 is 14.8 Å². The minimum absolute atomic E-state index is 0.0839. The maximum Gasteiger partial charge on any atom is 0.242 e. The van der Waals surface area contributed by atoms with Gasteiger partial charge in [0.05, 0.1) is 12.0 Å². The van der Waals surface area contributed by atoms with Crippen molar-refractivity contribution in [3.05, 3.63) is 54.1 Å². The molecule has 146 valence electrons. The van der Waals surface area contributed by atoms with Gasteiger partial charge in [-0.05, 0) is 61.8 Å². The van der Waals surface area contributed by atoms with Gasteiger partial charge in [0.2, 0.25) is 15.9 Å². The quantitative estimate of drug-likeness (QED) is 0.666. The van der Waals surface area contributed by atoms with Crippen LogP contribution in [0.2, 0.25) is 0 Å². The Kier molecular flexibility index (Phi) is 7.70. The number of methoxy groups -OCH3 is 1. The van der Waals surface area contributed by atoms with E-state index in [0.29, 0.717) is 23.6 Å². The maximum absolute atomic E-state index is 12.7. The lowest BCUT2D eigenvalue weighted by atomic mass is 10.2. The molecule has 0 radical (unpaired) electrons. The molecular weight excluding hydrogens is 384 g/mol. The molecule has 2 N–H and O–H groups in total. The van der Waals surface area contributed by atoms with Crippen LogP contribution in [0.3, 0.4) is 0 Å². The van der Waals surface area contributed by atoms with E-state index in [-0.39, 0.29) is 10.8 Å². The standard InChI is InChI=1S/C19H24N2O4S2/c1-14-4-6-15(7-5-14)20-19(22)18(12-13-26-3)21-27(23,24)17-10-8-16(25-2)9-11-17/h4-11,18,21H,12-13H2,1-3H3,(H,20,22)/t18-/m0/s1. The predicted octanol–water partition coefficient (Wildman–Crippen LogP) is 3.04. The average molecular weight is 409 g/mol. The van der Waals surface area contributed by atoms with Crippen LogP contribution in [0, 0.1) is 6.92 Å². The second-order valence-electron chi connectivity index (χ2n) is 5.99. The highest BCUT2D eigenvalue weighted by Gasteiger charge is 2.25. The van der Waals surface area contributed by atoms with Crippen molar-refractivity contribution in [2.45, 2.75) is 24.3 Å². The molecule has 0 aromatic heterocycles. The van der Waals surface area contributed by atoms with E-state index >= 15 is 0 Å². The molecule has 6 nitrogen and oxygen atoms in total. The monoisotopic (exact) mass is 408 g/mol. The van der Waals surface area contributed by atoms with Gasteiger partial charge in [0.25, 0.3) is 0 Å². The van der Waals surface area contributed by atoms with Crippen LogP contribution in [0.25, 0.3) is 0 Å². The Morgan fingerprint density at radius 2 is 1.74 bits per heavy atom. The summed E-state index contributed by atoms with van der Waals surface area (Å²) >= 11 is 1.55. The molecule has 2 rings (SSSR count). The number of thioether (sulfide) groups is 1. The van der Waals surface area contributed by atoms with Crippen LogP contribution in [0.5, 0.6) is 5.75 Å². The van der Waals surface area contributed by atoms with E-state index in [9.17, 15) is 13.2 Å². The highest BCUT2D eigenvalue weighted by atomic mass is 32.2. The molecule has 2 aromatic carbocycles. The number of hydrogen-bond acceptors (Lipinski definition) is 5. The Balaban J connectivity index is 2.15. The summed E-state index contributed by atoms with van der Waals surface area (Å²) in [4.78, 5) is 12.7. The lowest BCUT2D eigenvalue weighted by Gasteiger charge is -2.18. The summed E-state index contributed by atoms with van der Waals surface area (Å²) in [5.74, 6) is 0.826. The van der Waals surface area contributed by atoms with E-state index in [1.807, 2.05) is 25.3 Å². The summed E-state index contributed by atoms with van der Waals surface area (Å²) in [5, 5.41) is 2.78. The number of carbonyl (C=O) groups excluding carboxylic acids is 1. The van der Waals surface area contributed by atoms with Gasteiger partial charge in [-0.1, -0.05) is 17.7 Å². The van der Waals surface area contributed by atoms with E-state index in [2.05, 4.69) is 10.0 Å². The summed E-state index contributed by atoms with van der Waals surface area (Å²) in [6.07, 6.45) is 2.29. The van der Waals surface area contributed by atoms with Gasteiger partial charge in [-0.15, -0.1) is 0 Å². The molecule has 0 spiro atoms. The van der Waals surface area contributed by atoms with Crippen molar-refractivity contribution in [3.8, 4) is 5.75 Å². The largest absolute Gasteiger partial charge is 0.497 e. The van der Waals surface area contributed by atoms with E-state index in [1.54, 1.807) is 36.0 Å². The number of nitrogens with one attached hydrogen (secondary N) is 2. The summed E-state index contributed by atoms with van der Waals surface area (Å²) in [7, 11) is -2.33. The number of hydrogen-bond donors (Lipinski definition) is 2. The van der Waals surface area contributed by atoms with Gasteiger partial charge in [0.15, 0.2) is 0 Å². The van der Waals surface area contributed by atoms with Crippen molar-refractivity contribution < 1.29 is 17.9 Å². The summed E-state index contributed by atoms with van der Waals surface area (Å²) in [5.41, 5.74) is 1.70. The van der Waals surface area contributed by atoms with Crippen molar-refractivity contribution in [2.24, 2.45) is 0 Å². The van der Waals surface area contributed by atoms with E-state index < -0.39 is 16.1 Å². The van der Waals surface area contributed by atoms with Crippen molar-refractivity contribution in [3.63, 3.8) is 0 Å². The van der Waals surface area contributed by atoms with Gasteiger partial charge in [-0.25, -0.2) is 8.42 Å². The third-order valence-electron chi connectivity index (χ3n) is 3.91. The second kappa shape index (κ2) is 9.77. The first-order chi connectivity index (χ1) is 12.9. The van der Waals surface area contributed by atoms with Gasteiger partial charge < -0.3 is 10.1 Å². The molecule has 2 aromatic rings. The number of carbonyl (C=O) groups is 1. The van der Waals surface area contributed by atoms with E-state index in [4.69, 9.17) is 4.74 Å². The van der Waals surface area contributed by atoms with Gasteiger partial charge in [0.1, 0.15) is 11.8 Å². The molecule has 0 fully saturated rings. The van der Waals surface area contributed by atoms with Crippen molar-refractivity contribution >= 4 is 33.4 Å². The summed E-state index contributed by atoms with van der Waals surface area (Å²) in [6, 6.07) is 12.5. The minimum Gasteiger partial charge on any atom is -0.497 e. The molecular formula is C19H24N2O4S2. The maximum atomic E-state index is 12.7. The van der Waals surface area contributed by atoms with Gasteiger partial charge >= 0.3 is 0 Å². The zero-order valence-electron chi connectivity index (χ0n) is 15.6. The molecule has 1 amide bonds.